The predicted molar refractivity (Wildman–Crippen MR) is 94.8 cm³/mol. The maximum atomic E-state index is 6.00. The highest BCUT2D eigenvalue weighted by Crippen LogP contribution is 2.41. The average Bonchev–Trinajstić information content (AvgIpc) is 2.61. The second kappa shape index (κ2) is 7.50. The lowest BCUT2D eigenvalue weighted by atomic mass is 9.97. The highest BCUT2D eigenvalue weighted by atomic mass is 16.5. The van der Waals surface area contributed by atoms with Crippen molar-refractivity contribution in [1.29, 1.82) is 0 Å². The largest absolute Gasteiger partial charge is 0.495 e. The minimum atomic E-state index is 0.523. The summed E-state index contributed by atoms with van der Waals surface area (Å²) in [5.41, 5.74) is 14.8. The molecule has 0 bridgehead atoms. The summed E-state index contributed by atoms with van der Waals surface area (Å²) in [7, 11) is 6.27. The van der Waals surface area contributed by atoms with Gasteiger partial charge in [0.25, 0.3) is 0 Å². The molecule has 0 aliphatic heterocycles. The summed E-state index contributed by atoms with van der Waals surface area (Å²) in [6.45, 7) is 0. The van der Waals surface area contributed by atoms with Gasteiger partial charge in [-0.2, -0.15) is 0 Å². The maximum Gasteiger partial charge on any atom is 0.203 e. The summed E-state index contributed by atoms with van der Waals surface area (Å²) in [6.07, 6.45) is 1.52. The Morgan fingerprint density at radius 3 is 1.79 bits per heavy atom. The van der Waals surface area contributed by atoms with E-state index >= 15 is 0 Å². The zero-order valence-corrected chi connectivity index (χ0v) is 14.3. The molecular weight excluding hydrogens is 308 g/mol. The van der Waals surface area contributed by atoms with Gasteiger partial charge < -0.3 is 30.4 Å². The van der Waals surface area contributed by atoms with Crippen molar-refractivity contribution in [3.63, 3.8) is 0 Å². The van der Waals surface area contributed by atoms with E-state index in [-0.39, 0.29) is 0 Å². The van der Waals surface area contributed by atoms with E-state index in [0.29, 0.717) is 28.7 Å². The Bertz CT molecular complexity index is 732. The second-order valence-corrected chi connectivity index (χ2v) is 4.95. The molecule has 2 aromatic carbocycles. The molecule has 0 aromatic heterocycles. The molecule has 6 heteroatoms. The minimum Gasteiger partial charge on any atom is -0.495 e. The molecule has 0 aliphatic rings. The summed E-state index contributed by atoms with van der Waals surface area (Å²) in [6, 6.07) is 9.16. The van der Waals surface area contributed by atoms with Gasteiger partial charge >= 0.3 is 0 Å². The topological polar surface area (TPSA) is 89.0 Å². The van der Waals surface area contributed by atoms with Crippen LogP contribution in [0.15, 0.2) is 36.5 Å². The number of hydrogen-bond acceptors (Lipinski definition) is 6. The van der Waals surface area contributed by atoms with E-state index in [4.69, 9.17) is 30.4 Å². The molecule has 0 fully saturated rings. The van der Waals surface area contributed by atoms with Gasteiger partial charge in [-0.1, -0.05) is 6.07 Å². The van der Waals surface area contributed by atoms with E-state index in [0.717, 1.165) is 16.7 Å². The molecule has 2 aromatic rings. The number of hydrogen-bond donors (Lipinski definition) is 2. The Hall–Kier alpha value is -3.02. The molecular formula is C18H22N2O4. The van der Waals surface area contributed by atoms with Gasteiger partial charge in [-0.3, -0.25) is 0 Å². The van der Waals surface area contributed by atoms with Crippen molar-refractivity contribution in [3.05, 3.63) is 47.7 Å². The predicted octanol–water partition coefficient (Wildman–Crippen LogP) is 2.65. The van der Waals surface area contributed by atoms with Gasteiger partial charge in [-0.05, 0) is 35.4 Å². The SMILES string of the molecule is COc1ccc(C(=CN)c2cc(OC)c(OC)c(OC)c2)cc1N. The van der Waals surface area contributed by atoms with E-state index in [1.807, 2.05) is 18.2 Å². The average molecular weight is 330 g/mol. The fourth-order valence-corrected chi connectivity index (χ4v) is 2.50. The molecule has 2 rings (SSSR count). The molecule has 0 saturated carbocycles. The highest BCUT2D eigenvalue weighted by molar-refractivity contribution is 5.83. The van der Waals surface area contributed by atoms with Gasteiger partial charge in [-0.15, -0.1) is 0 Å². The fraction of sp³-hybridized carbons (Fsp3) is 0.222. The number of ether oxygens (including phenoxy) is 4. The van der Waals surface area contributed by atoms with Crippen LogP contribution in [-0.2, 0) is 0 Å². The number of nitrogens with two attached hydrogens (primary N) is 2. The maximum absolute atomic E-state index is 6.00. The highest BCUT2D eigenvalue weighted by Gasteiger charge is 2.16. The van der Waals surface area contributed by atoms with Crippen molar-refractivity contribution in [3.8, 4) is 23.0 Å². The lowest BCUT2D eigenvalue weighted by molar-refractivity contribution is 0.324. The molecule has 0 amide bonds. The number of nitrogen functional groups attached to an aromatic ring is 1. The molecule has 6 nitrogen and oxygen atoms in total. The van der Waals surface area contributed by atoms with Crippen LogP contribution in [0.1, 0.15) is 11.1 Å². The third kappa shape index (κ3) is 3.17. The van der Waals surface area contributed by atoms with E-state index in [1.54, 1.807) is 40.6 Å². The molecule has 4 N–H and O–H groups in total. The van der Waals surface area contributed by atoms with Crippen LogP contribution in [-0.4, -0.2) is 28.4 Å². The van der Waals surface area contributed by atoms with Gasteiger partial charge in [0.15, 0.2) is 11.5 Å². The summed E-state index contributed by atoms with van der Waals surface area (Å²) >= 11 is 0. The van der Waals surface area contributed by atoms with Crippen molar-refractivity contribution in [2.45, 2.75) is 0 Å². The van der Waals surface area contributed by atoms with Crippen LogP contribution in [0.3, 0.4) is 0 Å². The lowest BCUT2D eigenvalue weighted by Gasteiger charge is -2.16. The number of benzene rings is 2. The first-order valence-electron chi connectivity index (χ1n) is 7.25. The first kappa shape index (κ1) is 17.3. The molecule has 0 radical (unpaired) electrons. The summed E-state index contributed by atoms with van der Waals surface area (Å²) in [5.74, 6) is 2.23. The van der Waals surface area contributed by atoms with E-state index in [2.05, 4.69) is 0 Å². The minimum absolute atomic E-state index is 0.523. The normalized spacial score (nSPS) is 11.1. The van der Waals surface area contributed by atoms with Crippen molar-refractivity contribution < 1.29 is 18.9 Å². The third-order valence-corrected chi connectivity index (χ3v) is 3.68. The Morgan fingerprint density at radius 1 is 0.792 bits per heavy atom. The van der Waals surface area contributed by atoms with Crippen LogP contribution in [0.25, 0.3) is 5.57 Å². The van der Waals surface area contributed by atoms with E-state index < -0.39 is 0 Å². The first-order valence-corrected chi connectivity index (χ1v) is 7.25. The van der Waals surface area contributed by atoms with Crippen molar-refractivity contribution >= 4 is 11.3 Å². The van der Waals surface area contributed by atoms with Crippen LogP contribution < -0.4 is 30.4 Å². The van der Waals surface area contributed by atoms with Gasteiger partial charge in [0.1, 0.15) is 5.75 Å². The zero-order valence-electron chi connectivity index (χ0n) is 14.3. The van der Waals surface area contributed by atoms with Crippen molar-refractivity contribution in [2.75, 3.05) is 34.2 Å². The molecule has 128 valence electrons. The number of rotatable bonds is 6. The van der Waals surface area contributed by atoms with Gasteiger partial charge in [-0.25, -0.2) is 0 Å². The molecule has 0 aliphatic carbocycles. The molecule has 0 atom stereocenters. The van der Waals surface area contributed by atoms with E-state index in [1.165, 1.54) is 6.20 Å². The van der Waals surface area contributed by atoms with Crippen LogP contribution in [0, 0.1) is 0 Å². The van der Waals surface area contributed by atoms with E-state index in [9.17, 15) is 0 Å². The molecule has 0 heterocycles. The van der Waals surface area contributed by atoms with Gasteiger partial charge in [0, 0.05) is 11.8 Å². The zero-order chi connectivity index (χ0) is 17.7. The summed E-state index contributed by atoms with van der Waals surface area (Å²) in [5, 5.41) is 0. The van der Waals surface area contributed by atoms with Crippen LogP contribution >= 0.6 is 0 Å². The molecule has 24 heavy (non-hydrogen) atoms. The smallest absolute Gasteiger partial charge is 0.203 e. The quantitative estimate of drug-likeness (QED) is 0.792. The summed E-state index contributed by atoms with van der Waals surface area (Å²) < 4.78 is 21.3. The fourth-order valence-electron chi connectivity index (χ4n) is 2.50. The summed E-state index contributed by atoms with van der Waals surface area (Å²) in [4.78, 5) is 0. The Morgan fingerprint density at radius 2 is 1.38 bits per heavy atom. The van der Waals surface area contributed by atoms with Crippen LogP contribution in [0.2, 0.25) is 0 Å². The monoisotopic (exact) mass is 330 g/mol. The Kier molecular flexibility index (Phi) is 5.42. The molecule has 0 saturated heterocycles. The third-order valence-electron chi connectivity index (χ3n) is 3.68. The first-order chi connectivity index (χ1) is 11.6. The second-order valence-electron chi connectivity index (χ2n) is 4.95. The van der Waals surface area contributed by atoms with Crippen molar-refractivity contribution in [1.82, 2.24) is 0 Å². The van der Waals surface area contributed by atoms with Crippen molar-refractivity contribution in [2.24, 2.45) is 5.73 Å². The number of methoxy groups -OCH3 is 4. The van der Waals surface area contributed by atoms with Gasteiger partial charge in [0.05, 0.1) is 34.1 Å². The Balaban J connectivity index is 2.57. The lowest BCUT2D eigenvalue weighted by Crippen LogP contribution is -2.00. The van der Waals surface area contributed by atoms with Crippen LogP contribution in [0.5, 0.6) is 23.0 Å². The van der Waals surface area contributed by atoms with Gasteiger partial charge in [0.2, 0.25) is 5.75 Å². The van der Waals surface area contributed by atoms with Crippen LogP contribution in [0.4, 0.5) is 5.69 Å². The Labute approximate surface area is 141 Å². The number of anilines is 1. The molecule has 0 unspecified atom stereocenters. The molecule has 0 spiro atoms. The standard InChI is InChI=1S/C18H22N2O4/c1-21-15-6-5-11(7-14(15)20)13(10-19)12-8-16(22-2)18(24-4)17(9-12)23-3/h5-10H,19-20H2,1-4H3.